The number of aryl methyl sites for hydroxylation is 1. The lowest BCUT2D eigenvalue weighted by Crippen LogP contribution is -2.41. The number of nitrogens with zero attached hydrogens (tertiary/aromatic N) is 1. The number of methoxy groups -OCH3 is 1. The SMILES string of the molecule is COC(=O)CN(C(=O)c1ccc(F)cc1C)C(C)C. The Hall–Kier alpha value is -1.91. The molecule has 1 aromatic carbocycles. The van der Waals surface area contributed by atoms with Gasteiger partial charge >= 0.3 is 5.97 Å². The molecule has 0 unspecified atom stereocenters. The first-order valence-corrected chi connectivity index (χ1v) is 6.00. The molecule has 0 spiro atoms. The second-order valence-corrected chi connectivity index (χ2v) is 4.56. The summed E-state index contributed by atoms with van der Waals surface area (Å²) < 4.78 is 17.6. The van der Waals surface area contributed by atoms with Crippen LogP contribution in [0.5, 0.6) is 0 Å². The van der Waals surface area contributed by atoms with Crippen molar-refractivity contribution in [3.63, 3.8) is 0 Å². The van der Waals surface area contributed by atoms with Gasteiger partial charge in [-0.1, -0.05) is 0 Å². The van der Waals surface area contributed by atoms with Crippen LogP contribution in [0, 0.1) is 12.7 Å². The van der Waals surface area contributed by atoms with E-state index in [4.69, 9.17) is 0 Å². The van der Waals surface area contributed by atoms with Gasteiger partial charge in [0.15, 0.2) is 0 Å². The average molecular weight is 267 g/mol. The summed E-state index contributed by atoms with van der Waals surface area (Å²) in [5, 5.41) is 0. The molecule has 19 heavy (non-hydrogen) atoms. The van der Waals surface area contributed by atoms with E-state index < -0.39 is 11.8 Å². The van der Waals surface area contributed by atoms with Crippen molar-refractivity contribution in [3.8, 4) is 0 Å². The molecule has 0 heterocycles. The number of esters is 1. The average Bonchev–Trinajstić information content (AvgIpc) is 2.34. The zero-order valence-corrected chi connectivity index (χ0v) is 11.6. The minimum absolute atomic E-state index is 0.121. The number of carbonyl (C=O) groups is 2. The predicted molar refractivity (Wildman–Crippen MR) is 69.3 cm³/mol. The first-order chi connectivity index (χ1) is 8.86. The number of halogens is 1. The van der Waals surface area contributed by atoms with Crippen molar-refractivity contribution in [1.29, 1.82) is 0 Å². The van der Waals surface area contributed by atoms with E-state index in [1.165, 1.54) is 30.2 Å². The summed E-state index contributed by atoms with van der Waals surface area (Å²) in [5.41, 5.74) is 0.930. The van der Waals surface area contributed by atoms with Crippen molar-refractivity contribution in [2.24, 2.45) is 0 Å². The quantitative estimate of drug-likeness (QED) is 0.785. The molecule has 0 aliphatic rings. The summed E-state index contributed by atoms with van der Waals surface area (Å²) in [6, 6.07) is 3.80. The Morgan fingerprint density at radius 2 is 2.00 bits per heavy atom. The third kappa shape index (κ3) is 3.77. The normalized spacial score (nSPS) is 10.4. The second kappa shape index (κ2) is 6.31. The molecule has 0 aliphatic heterocycles. The lowest BCUT2D eigenvalue weighted by molar-refractivity contribution is -0.141. The Balaban J connectivity index is 3.02. The molecule has 0 N–H and O–H groups in total. The van der Waals surface area contributed by atoms with Crippen molar-refractivity contribution in [2.45, 2.75) is 26.8 Å². The summed E-state index contributed by atoms with van der Waals surface area (Å²) >= 11 is 0. The van der Waals surface area contributed by atoms with Crippen LogP contribution in [0.2, 0.25) is 0 Å². The van der Waals surface area contributed by atoms with Crippen molar-refractivity contribution < 1.29 is 18.7 Å². The van der Waals surface area contributed by atoms with E-state index >= 15 is 0 Å². The molecule has 0 fully saturated rings. The molecule has 0 atom stereocenters. The van der Waals surface area contributed by atoms with Gasteiger partial charge in [-0.25, -0.2) is 4.39 Å². The summed E-state index contributed by atoms with van der Waals surface area (Å²) in [6.45, 7) is 5.15. The van der Waals surface area contributed by atoms with Crippen LogP contribution in [0.25, 0.3) is 0 Å². The number of hydrogen-bond donors (Lipinski definition) is 0. The zero-order valence-electron chi connectivity index (χ0n) is 11.6. The van der Waals surface area contributed by atoms with Gasteiger partial charge in [-0.05, 0) is 44.5 Å². The maximum atomic E-state index is 13.0. The van der Waals surface area contributed by atoms with Gasteiger partial charge in [-0.2, -0.15) is 0 Å². The molecule has 0 bridgehead atoms. The fourth-order valence-electron chi connectivity index (χ4n) is 1.71. The Morgan fingerprint density at radius 1 is 1.37 bits per heavy atom. The van der Waals surface area contributed by atoms with Crippen LogP contribution >= 0.6 is 0 Å². The first-order valence-electron chi connectivity index (χ1n) is 6.00. The van der Waals surface area contributed by atoms with Crippen LogP contribution in [0.1, 0.15) is 29.8 Å². The highest BCUT2D eigenvalue weighted by atomic mass is 19.1. The molecule has 0 saturated heterocycles. The van der Waals surface area contributed by atoms with Gasteiger partial charge in [0.25, 0.3) is 5.91 Å². The molecule has 0 radical (unpaired) electrons. The van der Waals surface area contributed by atoms with Crippen LogP contribution in [0.4, 0.5) is 4.39 Å². The maximum Gasteiger partial charge on any atom is 0.325 e. The Labute approximate surface area is 112 Å². The van der Waals surface area contributed by atoms with Crippen LogP contribution < -0.4 is 0 Å². The molecule has 0 saturated carbocycles. The van der Waals surface area contributed by atoms with E-state index in [9.17, 15) is 14.0 Å². The van der Waals surface area contributed by atoms with Gasteiger partial charge in [-0.15, -0.1) is 0 Å². The second-order valence-electron chi connectivity index (χ2n) is 4.56. The van der Waals surface area contributed by atoms with Gasteiger partial charge in [0.2, 0.25) is 0 Å². The molecule has 1 rings (SSSR count). The van der Waals surface area contributed by atoms with Gasteiger partial charge in [0.05, 0.1) is 7.11 Å². The third-order valence-electron chi connectivity index (χ3n) is 2.83. The number of amides is 1. The predicted octanol–water partition coefficient (Wildman–Crippen LogP) is 2.16. The van der Waals surface area contributed by atoms with Crippen LogP contribution in [-0.4, -0.2) is 36.5 Å². The standard InChI is InChI=1S/C14H18FNO3/c1-9(2)16(8-13(17)19-4)14(18)12-6-5-11(15)7-10(12)3/h5-7,9H,8H2,1-4H3. The highest BCUT2D eigenvalue weighted by Gasteiger charge is 2.23. The minimum atomic E-state index is -0.484. The number of carbonyl (C=O) groups excluding carboxylic acids is 2. The summed E-state index contributed by atoms with van der Waals surface area (Å²) in [7, 11) is 1.27. The number of benzene rings is 1. The van der Waals surface area contributed by atoms with E-state index in [1.54, 1.807) is 20.8 Å². The molecular weight excluding hydrogens is 249 g/mol. The van der Waals surface area contributed by atoms with E-state index in [0.717, 1.165) is 0 Å². The Bertz CT molecular complexity index is 486. The van der Waals surface area contributed by atoms with E-state index in [0.29, 0.717) is 11.1 Å². The Morgan fingerprint density at radius 3 is 2.47 bits per heavy atom. The van der Waals surface area contributed by atoms with Gasteiger partial charge in [0, 0.05) is 11.6 Å². The van der Waals surface area contributed by atoms with Gasteiger partial charge < -0.3 is 9.64 Å². The van der Waals surface area contributed by atoms with Crippen LogP contribution in [0.15, 0.2) is 18.2 Å². The first kappa shape index (κ1) is 15.1. The van der Waals surface area contributed by atoms with Gasteiger partial charge in [-0.3, -0.25) is 9.59 Å². The summed E-state index contributed by atoms with van der Waals surface area (Å²) in [4.78, 5) is 25.1. The van der Waals surface area contributed by atoms with Crippen molar-refractivity contribution in [1.82, 2.24) is 4.90 Å². The maximum absolute atomic E-state index is 13.0. The molecule has 0 aliphatic carbocycles. The molecule has 4 nitrogen and oxygen atoms in total. The number of ether oxygens (including phenoxy) is 1. The number of rotatable bonds is 4. The van der Waals surface area contributed by atoms with Crippen molar-refractivity contribution in [2.75, 3.05) is 13.7 Å². The van der Waals surface area contributed by atoms with Crippen LogP contribution in [0.3, 0.4) is 0 Å². The smallest absolute Gasteiger partial charge is 0.325 e. The highest BCUT2D eigenvalue weighted by molar-refractivity contribution is 5.97. The molecule has 104 valence electrons. The zero-order chi connectivity index (χ0) is 14.6. The third-order valence-corrected chi connectivity index (χ3v) is 2.83. The molecule has 1 amide bonds. The highest BCUT2D eigenvalue weighted by Crippen LogP contribution is 2.14. The summed E-state index contributed by atoms with van der Waals surface area (Å²) in [6.07, 6.45) is 0. The number of hydrogen-bond acceptors (Lipinski definition) is 3. The molecule has 1 aromatic rings. The van der Waals surface area contributed by atoms with Gasteiger partial charge in [0.1, 0.15) is 12.4 Å². The minimum Gasteiger partial charge on any atom is -0.468 e. The molecule has 5 heteroatoms. The van der Waals surface area contributed by atoms with Crippen LogP contribution in [-0.2, 0) is 9.53 Å². The van der Waals surface area contributed by atoms with Crippen molar-refractivity contribution >= 4 is 11.9 Å². The van der Waals surface area contributed by atoms with E-state index in [1.807, 2.05) is 0 Å². The van der Waals surface area contributed by atoms with E-state index in [-0.39, 0.29) is 18.5 Å². The molecular formula is C14H18FNO3. The lowest BCUT2D eigenvalue weighted by Gasteiger charge is -2.26. The Kier molecular flexibility index (Phi) is 5.03. The fraction of sp³-hybridized carbons (Fsp3) is 0.429. The largest absolute Gasteiger partial charge is 0.468 e. The fourth-order valence-corrected chi connectivity index (χ4v) is 1.71. The topological polar surface area (TPSA) is 46.6 Å². The molecule has 0 aromatic heterocycles. The van der Waals surface area contributed by atoms with E-state index in [2.05, 4.69) is 4.74 Å². The lowest BCUT2D eigenvalue weighted by atomic mass is 10.1. The van der Waals surface area contributed by atoms with Crippen molar-refractivity contribution in [3.05, 3.63) is 35.1 Å². The monoisotopic (exact) mass is 267 g/mol. The summed E-state index contributed by atoms with van der Waals surface area (Å²) in [5.74, 6) is -1.18.